The molecule has 0 aliphatic carbocycles. The minimum atomic E-state index is -0.712. The molecule has 1 aliphatic rings. The molecular weight excluding hydrogens is 366 g/mol. The maximum absolute atomic E-state index is 12.0. The smallest absolute Gasteiger partial charge is 0.330 e. The number of unbranched alkanes of at least 4 members (excludes halogenated alkanes) is 4. The summed E-state index contributed by atoms with van der Waals surface area (Å²) >= 11 is 0. The Labute approximate surface area is 162 Å². The molecule has 0 spiro atoms. The maximum atomic E-state index is 12.0. The molecular formula is C18H27N5O5. The molecule has 1 aromatic heterocycles. The van der Waals surface area contributed by atoms with Crippen LogP contribution in [0, 0.1) is 6.92 Å². The second-order valence-electron chi connectivity index (χ2n) is 6.96. The first-order valence-corrected chi connectivity index (χ1v) is 9.63. The van der Waals surface area contributed by atoms with Crippen LogP contribution in [0.5, 0.6) is 0 Å². The molecule has 3 atom stereocenters. The molecule has 1 saturated heterocycles. The number of aromatic amines is 1. The predicted molar refractivity (Wildman–Crippen MR) is 102 cm³/mol. The SMILES string of the molecule is CCCCCCCC(=O)OC[C@H]1O[C@@H](n2cc(C)c(=O)[nH]c2=O)CC1N=[N+]=[N-]. The van der Waals surface area contributed by atoms with E-state index in [0.29, 0.717) is 12.0 Å². The van der Waals surface area contributed by atoms with Crippen molar-refractivity contribution >= 4 is 5.97 Å². The molecule has 0 bridgehead atoms. The number of carbonyl (C=O) groups excluding carboxylic acids is 1. The normalized spacial score (nSPS) is 21.3. The van der Waals surface area contributed by atoms with Crippen molar-refractivity contribution in [1.29, 1.82) is 0 Å². The molecule has 1 unspecified atom stereocenters. The Hall–Kier alpha value is -2.58. The zero-order valence-corrected chi connectivity index (χ0v) is 16.3. The number of esters is 1. The molecule has 10 nitrogen and oxygen atoms in total. The highest BCUT2D eigenvalue weighted by Crippen LogP contribution is 2.30. The summed E-state index contributed by atoms with van der Waals surface area (Å²) in [5.74, 6) is -0.319. The van der Waals surface area contributed by atoms with Crippen LogP contribution in [0.3, 0.4) is 0 Å². The molecule has 0 saturated carbocycles. The third-order valence-electron chi connectivity index (χ3n) is 4.75. The lowest BCUT2D eigenvalue weighted by Gasteiger charge is -2.16. The van der Waals surface area contributed by atoms with Crippen LogP contribution >= 0.6 is 0 Å². The third-order valence-corrected chi connectivity index (χ3v) is 4.75. The summed E-state index contributed by atoms with van der Waals surface area (Å²) in [6.07, 6.45) is 5.79. The van der Waals surface area contributed by atoms with Gasteiger partial charge in [0.2, 0.25) is 0 Å². The van der Waals surface area contributed by atoms with Crippen molar-refractivity contribution in [2.75, 3.05) is 6.61 Å². The number of azide groups is 1. The number of aromatic nitrogens is 2. The molecule has 0 radical (unpaired) electrons. The van der Waals surface area contributed by atoms with Gasteiger partial charge in [-0.2, -0.15) is 0 Å². The maximum Gasteiger partial charge on any atom is 0.330 e. The second kappa shape index (κ2) is 10.7. The van der Waals surface area contributed by atoms with Crippen molar-refractivity contribution in [3.8, 4) is 0 Å². The van der Waals surface area contributed by atoms with E-state index in [1.165, 1.54) is 10.8 Å². The molecule has 1 N–H and O–H groups in total. The van der Waals surface area contributed by atoms with Gasteiger partial charge in [0.25, 0.3) is 5.56 Å². The molecule has 2 rings (SSSR count). The summed E-state index contributed by atoms with van der Waals surface area (Å²) in [5, 5.41) is 3.70. The van der Waals surface area contributed by atoms with Gasteiger partial charge in [0.1, 0.15) is 18.9 Å². The largest absolute Gasteiger partial charge is 0.463 e. The van der Waals surface area contributed by atoms with Crippen molar-refractivity contribution in [2.24, 2.45) is 5.11 Å². The number of nitrogens with one attached hydrogen (secondary N) is 1. The third kappa shape index (κ3) is 5.97. The first kappa shape index (κ1) is 21.7. The van der Waals surface area contributed by atoms with Crippen molar-refractivity contribution < 1.29 is 14.3 Å². The van der Waals surface area contributed by atoms with Crippen LogP contribution in [-0.2, 0) is 14.3 Å². The Morgan fingerprint density at radius 2 is 2.14 bits per heavy atom. The van der Waals surface area contributed by atoms with Crippen LogP contribution in [0.25, 0.3) is 10.4 Å². The van der Waals surface area contributed by atoms with E-state index in [4.69, 9.17) is 15.0 Å². The van der Waals surface area contributed by atoms with Crippen LogP contribution in [-0.4, -0.2) is 34.3 Å². The lowest BCUT2D eigenvalue weighted by atomic mass is 10.1. The Morgan fingerprint density at radius 1 is 1.39 bits per heavy atom. The van der Waals surface area contributed by atoms with Gasteiger partial charge >= 0.3 is 11.7 Å². The van der Waals surface area contributed by atoms with E-state index in [1.807, 2.05) is 0 Å². The van der Waals surface area contributed by atoms with E-state index in [2.05, 4.69) is 21.9 Å². The van der Waals surface area contributed by atoms with E-state index in [9.17, 15) is 14.4 Å². The Kier molecular flexibility index (Phi) is 8.28. The van der Waals surface area contributed by atoms with Crippen LogP contribution in [0.15, 0.2) is 20.9 Å². The first-order chi connectivity index (χ1) is 13.5. The molecule has 0 aromatic carbocycles. The number of rotatable bonds is 10. The van der Waals surface area contributed by atoms with E-state index in [1.54, 1.807) is 6.92 Å². The molecule has 28 heavy (non-hydrogen) atoms. The summed E-state index contributed by atoms with van der Waals surface area (Å²) in [5.41, 5.74) is 8.07. The molecule has 1 fully saturated rings. The van der Waals surface area contributed by atoms with E-state index in [0.717, 1.165) is 32.1 Å². The molecule has 1 aromatic rings. The lowest BCUT2D eigenvalue weighted by Crippen LogP contribution is -2.33. The van der Waals surface area contributed by atoms with Crippen LogP contribution in [0.1, 0.15) is 63.7 Å². The average molecular weight is 393 g/mol. The highest BCUT2D eigenvalue weighted by Gasteiger charge is 2.37. The standard InChI is InChI=1S/C18H27N5O5/c1-3-4-5-6-7-8-16(24)27-11-14-13(21-22-19)9-15(28-14)23-10-12(2)17(25)20-18(23)26/h10,13-15H,3-9,11H2,1-2H3,(H,20,25,26)/t13?,14-,15-/m1/s1. The minimum Gasteiger partial charge on any atom is -0.463 e. The van der Waals surface area contributed by atoms with Crippen molar-refractivity contribution in [1.82, 2.24) is 9.55 Å². The first-order valence-electron chi connectivity index (χ1n) is 9.63. The van der Waals surface area contributed by atoms with Gasteiger partial charge < -0.3 is 9.47 Å². The second-order valence-corrected chi connectivity index (χ2v) is 6.96. The van der Waals surface area contributed by atoms with E-state index < -0.39 is 29.6 Å². The van der Waals surface area contributed by atoms with Crippen LogP contribution in [0.2, 0.25) is 0 Å². The van der Waals surface area contributed by atoms with Gasteiger partial charge in [0, 0.05) is 29.5 Å². The predicted octanol–water partition coefficient (Wildman–Crippen LogP) is 2.72. The van der Waals surface area contributed by atoms with Crippen molar-refractivity contribution in [3.05, 3.63) is 43.0 Å². The molecule has 0 amide bonds. The van der Waals surface area contributed by atoms with Gasteiger partial charge in [-0.15, -0.1) is 0 Å². The summed E-state index contributed by atoms with van der Waals surface area (Å²) < 4.78 is 12.3. The quantitative estimate of drug-likeness (QED) is 0.214. The summed E-state index contributed by atoms with van der Waals surface area (Å²) in [4.78, 5) is 40.5. The Morgan fingerprint density at radius 3 is 2.86 bits per heavy atom. The van der Waals surface area contributed by atoms with Gasteiger partial charge in [0.05, 0.1) is 6.04 Å². The average Bonchev–Trinajstić information content (AvgIpc) is 3.06. The van der Waals surface area contributed by atoms with Crippen LogP contribution < -0.4 is 11.2 Å². The molecule has 154 valence electrons. The fourth-order valence-corrected chi connectivity index (χ4v) is 3.14. The molecule has 2 heterocycles. The van der Waals surface area contributed by atoms with E-state index >= 15 is 0 Å². The lowest BCUT2D eigenvalue weighted by molar-refractivity contribution is -0.148. The number of hydrogen-bond donors (Lipinski definition) is 1. The highest BCUT2D eigenvalue weighted by molar-refractivity contribution is 5.69. The minimum absolute atomic E-state index is 0.0505. The molecule has 10 heteroatoms. The van der Waals surface area contributed by atoms with Gasteiger partial charge in [0.15, 0.2) is 0 Å². The number of hydrogen-bond acceptors (Lipinski definition) is 6. The number of aryl methyl sites for hydroxylation is 1. The van der Waals surface area contributed by atoms with Crippen molar-refractivity contribution in [2.45, 2.75) is 77.2 Å². The van der Waals surface area contributed by atoms with Gasteiger partial charge in [-0.25, -0.2) is 4.79 Å². The zero-order chi connectivity index (χ0) is 20.5. The zero-order valence-electron chi connectivity index (χ0n) is 16.3. The monoisotopic (exact) mass is 393 g/mol. The van der Waals surface area contributed by atoms with Crippen molar-refractivity contribution in [3.63, 3.8) is 0 Å². The van der Waals surface area contributed by atoms with Crippen LogP contribution in [0.4, 0.5) is 0 Å². The number of ether oxygens (including phenoxy) is 2. The number of H-pyrrole nitrogens is 1. The fourth-order valence-electron chi connectivity index (χ4n) is 3.14. The summed E-state index contributed by atoms with van der Waals surface area (Å²) in [6, 6.07) is -0.577. The van der Waals surface area contributed by atoms with E-state index in [-0.39, 0.29) is 19.0 Å². The Bertz CT molecular complexity index is 826. The topological polar surface area (TPSA) is 139 Å². The van der Waals surface area contributed by atoms with Gasteiger partial charge in [-0.3, -0.25) is 19.1 Å². The fraction of sp³-hybridized carbons (Fsp3) is 0.722. The van der Waals surface area contributed by atoms with Gasteiger partial charge in [-0.1, -0.05) is 37.7 Å². The Balaban J connectivity index is 1.94. The summed E-state index contributed by atoms with van der Waals surface area (Å²) in [7, 11) is 0. The van der Waals surface area contributed by atoms with Gasteiger partial charge in [-0.05, 0) is 18.9 Å². The summed E-state index contributed by atoms with van der Waals surface area (Å²) in [6.45, 7) is 3.66. The number of nitrogens with zero attached hydrogens (tertiary/aromatic N) is 4. The highest BCUT2D eigenvalue weighted by atomic mass is 16.6. The number of carbonyl (C=O) groups is 1. The molecule has 1 aliphatic heterocycles.